The van der Waals surface area contributed by atoms with Crippen LogP contribution in [0.1, 0.15) is 25.7 Å². The first-order valence-electron chi connectivity index (χ1n) is 4.68. The summed E-state index contributed by atoms with van der Waals surface area (Å²) in [5, 5.41) is 8.67. The van der Waals surface area contributed by atoms with E-state index in [4.69, 9.17) is 9.84 Å². The van der Waals surface area contributed by atoms with Crippen LogP contribution in [0.4, 0.5) is 0 Å². The average molecular weight is 184 g/mol. The lowest BCUT2D eigenvalue weighted by atomic mass is 9.89. The van der Waals surface area contributed by atoms with E-state index in [-0.39, 0.29) is 18.4 Å². The molecule has 13 heavy (non-hydrogen) atoms. The molecule has 1 aliphatic heterocycles. The Hall–Kier alpha value is -0.830. The van der Waals surface area contributed by atoms with Crippen LogP contribution in [0.15, 0.2) is 12.7 Å². The number of hydrogen-bond donors (Lipinski definition) is 1. The van der Waals surface area contributed by atoms with Crippen molar-refractivity contribution in [2.75, 3.05) is 6.61 Å². The summed E-state index contributed by atoms with van der Waals surface area (Å²) in [7, 11) is 0. The third kappa shape index (κ3) is 3.19. The lowest BCUT2D eigenvalue weighted by Gasteiger charge is -2.30. The average Bonchev–Trinajstić information content (AvgIpc) is 2.08. The van der Waals surface area contributed by atoms with Gasteiger partial charge in [0.2, 0.25) is 0 Å². The molecule has 1 fully saturated rings. The summed E-state index contributed by atoms with van der Waals surface area (Å²) < 4.78 is 5.50. The Kier molecular flexibility index (Phi) is 3.96. The van der Waals surface area contributed by atoms with Gasteiger partial charge in [-0.05, 0) is 25.2 Å². The van der Waals surface area contributed by atoms with Crippen molar-refractivity contribution < 1.29 is 14.6 Å². The standard InChI is InChI=1S/C10H16O3/c1-2-4-9-8(7-10(11)12)5-3-6-13-9/h2,8-9H,1,3-7H2,(H,11,12)/t8-,9+/m1/s1. The van der Waals surface area contributed by atoms with Gasteiger partial charge < -0.3 is 9.84 Å². The van der Waals surface area contributed by atoms with Crippen LogP contribution in [0.5, 0.6) is 0 Å². The predicted octanol–water partition coefficient (Wildman–Crippen LogP) is 1.83. The Morgan fingerprint density at radius 3 is 3.08 bits per heavy atom. The molecule has 0 unspecified atom stereocenters. The van der Waals surface area contributed by atoms with E-state index in [9.17, 15) is 4.79 Å². The molecule has 0 aromatic rings. The van der Waals surface area contributed by atoms with Gasteiger partial charge >= 0.3 is 5.97 Å². The number of aliphatic carboxylic acids is 1. The first-order chi connectivity index (χ1) is 6.24. The third-order valence-electron chi connectivity index (χ3n) is 2.41. The van der Waals surface area contributed by atoms with Gasteiger partial charge in [0.05, 0.1) is 12.5 Å². The highest BCUT2D eigenvalue weighted by Gasteiger charge is 2.26. The highest BCUT2D eigenvalue weighted by Crippen LogP contribution is 2.26. The van der Waals surface area contributed by atoms with Gasteiger partial charge in [-0.15, -0.1) is 6.58 Å². The van der Waals surface area contributed by atoms with Crippen molar-refractivity contribution in [3.05, 3.63) is 12.7 Å². The van der Waals surface area contributed by atoms with E-state index in [1.54, 1.807) is 6.08 Å². The molecule has 2 atom stereocenters. The van der Waals surface area contributed by atoms with Crippen LogP contribution < -0.4 is 0 Å². The molecule has 0 bridgehead atoms. The molecule has 0 aromatic carbocycles. The molecule has 1 heterocycles. The van der Waals surface area contributed by atoms with Crippen molar-refractivity contribution in [1.82, 2.24) is 0 Å². The minimum atomic E-state index is -0.732. The van der Waals surface area contributed by atoms with E-state index in [1.807, 2.05) is 0 Å². The zero-order valence-corrected chi connectivity index (χ0v) is 7.74. The molecule has 1 aliphatic rings. The van der Waals surface area contributed by atoms with Crippen molar-refractivity contribution in [2.45, 2.75) is 31.8 Å². The Bertz CT molecular complexity index is 189. The fourth-order valence-electron chi connectivity index (χ4n) is 1.78. The van der Waals surface area contributed by atoms with E-state index in [0.717, 1.165) is 25.9 Å². The number of ether oxygens (including phenoxy) is 1. The number of carbonyl (C=O) groups is 1. The molecule has 1 N–H and O–H groups in total. The van der Waals surface area contributed by atoms with Crippen LogP contribution >= 0.6 is 0 Å². The molecule has 0 aromatic heterocycles. The first-order valence-corrected chi connectivity index (χ1v) is 4.68. The zero-order valence-electron chi connectivity index (χ0n) is 7.74. The molecule has 0 aliphatic carbocycles. The second kappa shape index (κ2) is 5.02. The topological polar surface area (TPSA) is 46.5 Å². The summed E-state index contributed by atoms with van der Waals surface area (Å²) in [5.74, 6) is -0.561. The molecule has 0 amide bonds. The number of carboxylic acids is 1. The van der Waals surface area contributed by atoms with Crippen LogP contribution in [-0.2, 0) is 9.53 Å². The maximum Gasteiger partial charge on any atom is 0.303 e. The van der Waals surface area contributed by atoms with Gasteiger partial charge in [-0.3, -0.25) is 4.79 Å². The first kappa shape index (κ1) is 10.3. The summed E-state index contributed by atoms with van der Waals surface area (Å²) in [6.07, 6.45) is 4.79. The van der Waals surface area contributed by atoms with Gasteiger partial charge in [-0.2, -0.15) is 0 Å². The fraction of sp³-hybridized carbons (Fsp3) is 0.700. The van der Waals surface area contributed by atoms with Gasteiger partial charge in [0, 0.05) is 6.61 Å². The second-order valence-corrected chi connectivity index (χ2v) is 3.43. The van der Waals surface area contributed by atoms with Crippen molar-refractivity contribution in [3.8, 4) is 0 Å². The molecular weight excluding hydrogens is 168 g/mol. The highest BCUT2D eigenvalue weighted by atomic mass is 16.5. The van der Waals surface area contributed by atoms with Crippen LogP contribution in [0, 0.1) is 5.92 Å². The lowest BCUT2D eigenvalue weighted by molar-refractivity contribution is -0.140. The molecule has 1 rings (SSSR count). The minimum absolute atomic E-state index is 0.0716. The van der Waals surface area contributed by atoms with E-state index in [0.29, 0.717) is 0 Å². The van der Waals surface area contributed by atoms with E-state index in [2.05, 4.69) is 6.58 Å². The van der Waals surface area contributed by atoms with Crippen molar-refractivity contribution in [3.63, 3.8) is 0 Å². The fourth-order valence-corrected chi connectivity index (χ4v) is 1.78. The Balaban J connectivity index is 2.45. The van der Waals surface area contributed by atoms with Crippen LogP contribution in [0.25, 0.3) is 0 Å². The van der Waals surface area contributed by atoms with Gasteiger partial charge in [-0.1, -0.05) is 6.08 Å². The SMILES string of the molecule is C=CC[C@@H]1OCCC[C@@H]1CC(=O)O. The Labute approximate surface area is 78.4 Å². The largest absolute Gasteiger partial charge is 0.481 e. The summed E-state index contributed by atoms with van der Waals surface area (Å²) in [5.41, 5.74) is 0. The molecule has 0 saturated carbocycles. The third-order valence-corrected chi connectivity index (χ3v) is 2.41. The van der Waals surface area contributed by atoms with E-state index >= 15 is 0 Å². The quantitative estimate of drug-likeness (QED) is 0.678. The highest BCUT2D eigenvalue weighted by molar-refractivity contribution is 5.67. The Morgan fingerprint density at radius 2 is 2.46 bits per heavy atom. The van der Waals surface area contributed by atoms with Crippen molar-refractivity contribution in [2.24, 2.45) is 5.92 Å². The zero-order chi connectivity index (χ0) is 9.68. The van der Waals surface area contributed by atoms with Gasteiger partial charge in [0.15, 0.2) is 0 Å². The number of carboxylic acid groups (broad SMARTS) is 1. The number of rotatable bonds is 4. The summed E-state index contributed by atoms with van der Waals surface area (Å²) >= 11 is 0. The van der Waals surface area contributed by atoms with Gasteiger partial charge in [0.1, 0.15) is 0 Å². The van der Waals surface area contributed by atoms with E-state index < -0.39 is 5.97 Å². The van der Waals surface area contributed by atoms with Gasteiger partial charge in [0.25, 0.3) is 0 Å². The molecule has 0 spiro atoms. The summed E-state index contributed by atoms with van der Waals surface area (Å²) in [4.78, 5) is 10.5. The van der Waals surface area contributed by atoms with Crippen molar-refractivity contribution >= 4 is 5.97 Å². The monoisotopic (exact) mass is 184 g/mol. The van der Waals surface area contributed by atoms with Crippen LogP contribution in [-0.4, -0.2) is 23.8 Å². The van der Waals surface area contributed by atoms with Crippen molar-refractivity contribution in [1.29, 1.82) is 0 Å². The van der Waals surface area contributed by atoms with Gasteiger partial charge in [-0.25, -0.2) is 0 Å². The summed E-state index contributed by atoms with van der Waals surface area (Å²) in [6, 6.07) is 0. The maximum absolute atomic E-state index is 10.5. The molecule has 1 saturated heterocycles. The number of hydrogen-bond acceptors (Lipinski definition) is 2. The van der Waals surface area contributed by atoms with E-state index in [1.165, 1.54) is 0 Å². The molecule has 3 heteroatoms. The predicted molar refractivity (Wildman–Crippen MR) is 49.5 cm³/mol. The van der Waals surface area contributed by atoms with Crippen LogP contribution in [0.2, 0.25) is 0 Å². The molecular formula is C10H16O3. The van der Waals surface area contributed by atoms with Crippen LogP contribution in [0.3, 0.4) is 0 Å². The Morgan fingerprint density at radius 1 is 1.69 bits per heavy atom. The summed E-state index contributed by atoms with van der Waals surface area (Å²) in [6.45, 7) is 4.40. The minimum Gasteiger partial charge on any atom is -0.481 e. The molecule has 0 radical (unpaired) electrons. The molecule has 74 valence electrons. The lowest BCUT2D eigenvalue weighted by Crippen LogP contribution is -2.30. The second-order valence-electron chi connectivity index (χ2n) is 3.43. The maximum atomic E-state index is 10.5. The molecule has 3 nitrogen and oxygen atoms in total. The normalized spacial score (nSPS) is 28.3. The smallest absolute Gasteiger partial charge is 0.303 e.